The van der Waals surface area contributed by atoms with Gasteiger partial charge < -0.3 is 9.64 Å². The monoisotopic (exact) mass is 260 g/mol. The Morgan fingerprint density at radius 1 is 1.50 bits per heavy atom. The van der Waals surface area contributed by atoms with Gasteiger partial charge in [0.05, 0.1) is 12.2 Å². The average Bonchev–Trinajstić information content (AvgIpc) is 2.80. The lowest BCUT2D eigenvalue weighted by atomic mass is 10.1. The lowest BCUT2D eigenvalue weighted by Gasteiger charge is -2.24. The third-order valence-corrected chi connectivity index (χ3v) is 3.01. The van der Waals surface area contributed by atoms with Crippen molar-refractivity contribution in [3.63, 3.8) is 0 Å². The van der Waals surface area contributed by atoms with Gasteiger partial charge in [-0.25, -0.2) is 4.98 Å². The zero-order chi connectivity index (χ0) is 13.2. The molecule has 0 bridgehead atoms. The van der Waals surface area contributed by atoms with Crippen LogP contribution in [0.15, 0.2) is 18.3 Å². The maximum absolute atomic E-state index is 12.8. The Morgan fingerprint density at radius 3 is 2.89 bits per heavy atom. The second-order valence-electron chi connectivity index (χ2n) is 4.48. The number of alkyl halides is 3. The number of rotatable bonds is 3. The van der Waals surface area contributed by atoms with Gasteiger partial charge in [0.25, 0.3) is 0 Å². The first kappa shape index (κ1) is 13.1. The van der Waals surface area contributed by atoms with Crippen molar-refractivity contribution in [3.05, 3.63) is 23.9 Å². The molecule has 1 aliphatic rings. The van der Waals surface area contributed by atoms with Crippen LogP contribution in [0.2, 0.25) is 0 Å². The predicted molar refractivity (Wildman–Crippen MR) is 61.4 cm³/mol. The minimum atomic E-state index is -4.37. The molecule has 100 valence electrons. The van der Waals surface area contributed by atoms with Crippen molar-refractivity contribution in [1.82, 2.24) is 4.98 Å². The molecule has 18 heavy (non-hydrogen) atoms. The predicted octanol–water partition coefficient (Wildman–Crippen LogP) is 2.57. The highest BCUT2D eigenvalue weighted by Crippen LogP contribution is 2.35. The Bertz CT molecular complexity index is 403. The van der Waals surface area contributed by atoms with Gasteiger partial charge in [0.15, 0.2) is 0 Å². The number of ether oxygens (including phenoxy) is 1. The van der Waals surface area contributed by atoms with Crippen LogP contribution in [0.4, 0.5) is 19.0 Å². The topological polar surface area (TPSA) is 25.4 Å². The summed E-state index contributed by atoms with van der Waals surface area (Å²) in [5.41, 5.74) is -0.689. The summed E-state index contributed by atoms with van der Waals surface area (Å²) in [5, 5.41) is 0. The molecule has 0 radical (unpaired) electrons. The average molecular weight is 260 g/mol. The number of pyridine rings is 1. The third-order valence-electron chi connectivity index (χ3n) is 3.01. The van der Waals surface area contributed by atoms with E-state index >= 15 is 0 Å². The molecule has 1 atom stereocenters. The Morgan fingerprint density at radius 2 is 2.28 bits per heavy atom. The largest absolute Gasteiger partial charge is 0.419 e. The summed E-state index contributed by atoms with van der Waals surface area (Å²) in [6.45, 7) is 1.82. The van der Waals surface area contributed by atoms with E-state index in [9.17, 15) is 13.2 Å². The van der Waals surface area contributed by atoms with E-state index in [0.717, 1.165) is 12.5 Å². The molecule has 1 aromatic heterocycles. The van der Waals surface area contributed by atoms with Crippen molar-refractivity contribution in [2.75, 3.05) is 31.7 Å². The minimum Gasteiger partial charge on any atom is -0.381 e. The molecule has 3 nitrogen and oxygen atoms in total. The molecule has 0 amide bonds. The first-order valence-corrected chi connectivity index (χ1v) is 5.79. The van der Waals surface area contributed by atoms with Gasteiger partial charge in [-0.1, -0.05) is 0 Å². The van der Waals surface area contributed by atoms with Crippen LogP contribution in [-0.2, 0) is 10.9 Å². The lowest BCUT2D eigenvalue weighted by molar-refractivity contribution is -0.137. The van der Waals surface area contributed by atoms with E-state index in [2.05, 4.69) is 4.98 Å². The van der Waals surface area contributed by atoms with Gasteiger partial charge >= 0.3 is 6.18 Å². The summed E-state index contributed by atoms with van der Waals surface area (Å²) in [7, 11) is 1.63. The molecule has 0 aliphatic carbocycles. The van der Waals surface area contributed by atoms with Crippen molar-refractivity contribution < 1.29 is 17.9 Å². The van der Waals surface area contributed by atoms with Crippen LogP contribution in [0.25, 0.3) is 0 Å². The van der Waals surface area contributed by atoms with E-state index in [1.807, 2.05) is 0 Å². The molecular weight excluding hydrogens is 245 g/mol. The van der Waals surface area contributed by atoms with Crippen LogP contribution < -0.4 is 4.90 Å². The van der Waals surface area contributed by atoms with Crippen LogP contribution in [-0.4, -0.2) is 31.8 Å². The second-order valence-corrected chi connectivity index (χ2v) is 4.48. The van der Waals surface area contributed by atoms with Gasteiger partial charge in [0.2, 0.25) is 0 Å². The van der Waals surface area contributed by atoms with Crippen molar-refractivity contribution in [1.29, 1.82) is 0 Å². The minimum absolute atomic E-state index is 0.0168. The quantitative estimate of drug-likeness (QED) is 0.835. The van der Waals surface area contributed by atoms with E-state index < -0.39 is 11.7 Å². The Balaban J connectivity index is 2.16. The molecule has 0 saturated carbocycles. The fourth-order valence-corrected chi connectivity index (χ4v) is 2.12. The maximum atomic E-state index is 12.8. The van der Waals surface area contributed by atoms with Crippen LogP contribution in [0.5, 0.6) is 0 Å². The Kier molecular flexibility index (Phi) is 3.75. The van der Waals surface area contributed by atoms with Crippen LogP contribution in [0.3, 0.4) is 0 Å². The van der Waals surface area contributed by atoms with E-state index in [1.54, 1.807) is 11.9 Å². The number of nitrogens with zero attached hydrogens (tertiary/aromatic N) is 2. The van der Waals surface area contributed by atoms with Gasteiger partial charge in [0, 0.05) is 32.3 Å². The van der Waals surface area contributed by atoms with Crippen LogP contribution >= 0.6 is 0 Å². The lowest BCUT2D eigenvalue weighted by Crippen LogP contribution is -2.28. The molecule has 0 N–H and O–H groups in total. The highest BCUT2D eigenvalue weighted by atomic mass is 19.4. The summed E-state index contributed by atoms with van der Waals surface area (Å²) in [6.07, 6.45) is -2.10. The van der Waals surface area contributed by atoms with Gasteiger partial charge in [0.1, 0.15) is 5.82 Å². The molecular formula is C12H15F3N2O. The second kappa shape index (κ2) is 5.14. The molecule has 0 aromatic carbocycles. The van der Waals surface area contributed by atoms with E-state index in [0.29, 0.717) is 19.8 Å². The Hall–Kier alpha value is -1.30. The number of halogens is 3. The Labute approximate surface area is 104 Å². The molecule has 6 heteroatoms. The molecule has 1 saturated heterocycles. The van der Waals surface area contributed by atoms with E-state index in [4.69, 9.17) is 4.74 Å². The first-order valence-electron chi connectivity index (χ1n) is 5.79. The first-order chi connectivity index (χ1) is 8.48. The zero-order valence-electron chi connectivity index (χ0n) is 10.1. The summed E-state index contributed by atoms with van der Waals surface area (Å²) in [4.78, 5) is 5.41. The van der Waals surface area contributed by atoms with Gasteiger partial charge in [-0.05, 0) is 18.6 Å². The number of hydrogen-bond acceptors (Lipinski definition) is 3. The molecule has 1 unspecified atom stereocenters. The summed E-state index contributed by atoms with van der Waals surface area (Å²) in [6, 6.07) is 2.36. The fraction of sp³-hybridized carbons (Fsp3) is 0.583. The van der Waals surface area contributed by atoms with Crippen LogP contribution in [0, 0.1) is 5.92 Å². The molecule has 1 aliphatic heterocycles. The van der Waals surface area contributed by atoms with Crippen molar-refractivity contribution in [2.45, 2.75) is 12.6 Å². The number of aromatic nitrogens is 1. The summed E-state index contributed by atoms with van der Waals surface area (Å²) >= 11 is 0. The highest BCUT2D eigenvalue weighted by Gasteiger charge is 2.35. The number of anilines is 1. The van der Waals surface area contributed by atoms with Gasteiger partial charge in [-0.3, -0.25) is 0 Å². The summed E-state index contributed by atoms with van der Waals surface area (Å²) < 4.78 is 43.7. The molecule has 0 spiro atoms. The molecule has 2 rings (SSSR count). The maximum Gasteiger partial charge on any atom is 0.419 e. The highest BCUT2D eigenvalue weighted by molar-refractivity contribution is 5.47. The standard InChI is InChI=1S/C12H15F3N2O/c1-17(7-9-4-6-18-8-9)11-10(12(13,14)15)3-2-5-16-11/h2-3,5,9H,4,6-8H2,1H3. The molecule has 1 fully saturated rings. The van der Waals surface area contributed by atoms with Crippen molar-refractivity contribution >= 4 is 5.82 Å². The third kappa shape index (κ3) is 2.93. The summed E-state index contributed by atoms with van der Waals surface area (Å²) in [5.74, 6) is 0.259. The smallest absolute Gasteiger partial charge is 0.381 e. The zero-order valence-corrected chi connectivity index (χ0v) is 10.1. The van der Waals surface area contributed by atoms with Gasteiger partial charge in [-0.2, -0.15) is 13.2 Å². The van der Waals surface area contributed by atoms with Gasteiger partial charge in [-0.15, -0.1) is 0 Å². The SMILES string of the molecule is CN(CC1CCOC1)c1ncccc1C(F)(F)F. The molecule has 1 aromatic rings. The fourth-order valence-electron chi connectivity index (χ4n) is 2.12. The molecule has 2 heterocycles. The van der Waals surface area contributed by atoms with E-state index in [1.165, 1.54) is 12.3 Å². The van der Waals surface area contributed by atoms with Crippen molar-refractivity contribution in [2.24, 2.45) is 5.92 Å². The van der Waals surface area contributed by atoms with E-state index in [-0.39, 0.29) is 11.7 Å². The normalized spacial score (nSPS) is 20.1. The number of hydrogen-bond donors (Lipinski definition) is 0. The van der Waals surface area contributed by atoms with Crippen molar-refractivity contribution in [3.8, 4) is 0 Å². The van der Waals surface area contributed by atoms with Crippen LogP contribution in [0.1, 0.15) is 12.0 Å².